The maximum absolute atomic E-state index is 12.5. The Morgan fingerprint density at radius 3 is 2.45 bits per heavy atom. The number of ketones is 1. The van der Waals surface area contributed by atoms with E-state index in [0.717, 1.165) is 23.3 Å². The molecular formula is C17H13F3O2. The van der Waals surface area contributed by atoms with Crippen LogP contribution in [0.3, 0.4) is 0 Å². The van der Waals surface area contributed by atoms with E-state index in [9.17, 15) is 18.0 Å². The predicted octanol–water partition coefficient (Wildman–Crippen LogP) is 4.55. The zero-order valence-electron chi connectivity index (χ0n) is 11.6. The molecule has 0 saturated heterocycles. The molecule has 0 amide bonds. The first-order valence-electron chi connectivity index (χ1n) is 6.85. The topological polar surface area (TPSA) is 26.3 Å². The quantitative estimate of drug-likeness (QED) is 0.778. The van der Waals surface area contributed by atoms with E-state index in [-0.39, 0.29) is 23.9 Å². The standard InChI is InChI=1S/C17H13F3O2/c18-17(19,20)13-7-5-11(6-8-13)15(21)9-16-14-4-2-1-3-12(14)10-22-16/h1-8,16H,9-10H2/t16-/m1/s1. The number of carbonyl (C=O) groups is 1. The van der Waals surface area contributed by atoms with Crippen LogP contribution in [0.1, 0.15) is 39.6 Å². The number of hydrogen-bond donors (Lipinski definition) is 0. The van der Waals surface area contributed by atoms with Crippen molar-refractivity contribution in [2.75, 3.05) is 0 Å². The van der Waals surface area contributed by atoms with Crippen LogP contribution in [0.5, 0.6) is 0 Å². The van der Waals surface area contributed by atoms with Gasteiger partial charge in [0.05, 0.1) is 18.3 Å². The van der Waals surface area contributed by atoms with Gasteiger partial charge in [-0.1, -0.05) is 36.4 Å². The Morgan fingerprint density at radius 2 is 1.77 bits per heavy atom. The molecule has 1 aliphatic heterocycles. The molecule has 2 nitrogen and oxygen atoms in total. The lowest BCUT2D eigenvalue weighted by Crippen LogP contribution is -2.08. The zero-order chi connectivity index (χ0) is 15.7. The van der Waals surface area contributed by atoms with Crippen LogP contribution < -0.4 is 0 Å². The van der Waals surface area contributed by atoms with Crippen LogP contribution in [-0.4, -0.2) is 5.78 Å². The number of ether oxygens (including phenoxy) is 1. The summed E-state index contributed by atoms with van der Waals surface area (Å²) in [5, 5.41) is 0. The van der Waals surface area contributed by atoms with Crippen molar-refractivity contribution in [1.29, 1.82) is 0 Å². The molecule has 0 N–H and O–H groups in total. The summed E-state index contributed by atoms with van der Waals surface area (Å²) < 4.78 is 43.1. The molecular weight excluding hydrogens is 293 g/mol. The molecule has 2 aromatic rings. The number of benzene rings is 2. The summed E-state index contributed by atoms with van der Waals surface area (Å²) in [5.74, 6) is -0.226. The summed E-state index contributed by atoms with van der Waals surface area (Å²) in [5.41, 5.74) is 1.53. The number of rotatable bonds is 3. The van der Waals surface area contributed by atoms with Crippen molar-refractivity contribution in [3.8, 4) is 0 Å². The van der Waals surface area contributed by atoms with Crippen LogP contribution in [0.25, 0.3) is 0 Å². The molecule has 0 bridgehead atoms. The lowest BCUT2D eigenvalue weighted by molar-refractivity contribution is -0.137. The molecule has 3 rings (SSSR count). The van der Waals surface area contributed by atoms with Crippen molar-refractivity contribution in [3.05, 3.63) is 70.8 Å². The van der Waals surface area contributed by atoms with Crippen molar-refractivity contribution < 1.29 is 22.7 Å². The third kappa shape index (κ3) is 2.90. The summed E-state index contributed by atoms with van der Waals surface area (Å²) >= 11 is 0. The largest absolute Gasteiger partial charge is 0.416 e. The average molecular weight is 306 g/mol. The smallest absolute Gasteiger partial charge is 0.368 e. The van der Waals surface area contributed by atoms with Crippen LogP contribution in [0.4, 0.5) is 13.2 Å². The van der Waals surface area contributed by atoms with Gasteiger partial charge in [0.2, 0.25) is 0 Å². The van der Waals surface area contributed by atoms with E-state index in [1.165, 1.54) is 12.1 Å². The number of halogens is 3. The fourth-order valence-corrected chi connectivity index (χ4v) is 2.56. The van der Waals surface area contributed by atoms with Gasteiger partial charge in [-0.3, -0.25) is 4.79 Å². The Kier molecular flexibility index (Phi) is 3.74. The molecule has 0 saturated carbocycles. The second-order valence-electron chi connectivity index (χ2n) is 5.20. The lowest BCUT2D eigenvalue weighted by Gasteiger charge is -2.11. The van der Waals surface area contributed by atoms with Crippen molar-refractivity contribution in [3.63, 3.8) is 0 Å². The van der Waals surface area contributed by atoms with Crippen molar-refractivity contribution in [2.24, 2.45) is 0 Å². The first-order chi connectivity index (χ1) is 10.4. The summed E-state index contributed by atoms with van der Waals surface area (Å²) in [4.78, 5) is 12.2. The summed E-state index contributed by atoms with van der Waals surface area (Å²) in [7, 11) is 0. The van der Waals surface area contributed by atoms with Gasteiger partial charge in [0.25, 0.3) is 0 Å². The van der Waals surface area contributed by atoms with Gasteiger partial charge >= 0.3 is 6.18 Å². The van der Waals surface area contributed by atoms with Gasteiger partial charge in [-0.05, 0) is 23.3 Å². The maximum atomic E-state index is 12.5. The Balaban J connectivity index is 1.73. The summed E-state index contributed by atoms with van der Waals surface area (Å²) in [6, 6.07) is 11.9. The average Bonchev–Trinajstić information content (AvgIpc) is 2.90. The molecule has 1 atom stereocenters. The van der Waals surface area contributed by atoms with E-state index >= 15 is 0 Å². The Morgan fingerprint density at radius 1 is 1.09 bits per heavy atom. The van der Waals surface area contributed by atoms with Crippen molar-refractivity contribution in [2.45, 2.75) is 25.3 Å². The molecule has 5 heteroatoms. The highest BCUT2D eigenvalue weighted by molar-refractivity contribution is 5.96. The maximum Gasteiger partial charge on any atom is 0.416 e. The second kappa shape index (κ2) is 5.57. The summed E-state index contributed by atoms with van der Waals surface area (Å²) in [6.45, 7) is 0.459. The molecule has 114 valence electrons. The number of Topliss-reactive ketones (excluding diaryl/α,β-unsaturated/α-hetero) is 1. The minimum Gasteiger partial charge on any atom is -0.368 e. The third-order valence-corrected chi connectivity index (χ3v) is 3.75. The minimum absolute atomic E-state index is 0.127. The van der Waals surface area contributed by atoms with Crippen LogP contribution in [-0.2, 0) is 17.5 Å². The van der Waals surface area contributed by atoms with E-state index < -0.39 is 11.7 Å². The van der Waals surface area contributed by atoms with Crippen LogP contribution in [0, 0.1) is 0 Å². The fraction of sp³-hybridized carbons (Fsp3) is 0.235. The highest BCUT2D eigenvalue weighted by Crippen LogP contribution is 2.34. The minimum atomic E-state index is -4.39. The third-order valence-electron chi connectivity index (χ3n) is 3.75. The Hall–Kier alpha value is -2.14. The van der Waals surface area contributed by atoms with E-state index in [0.29, 0.717) is 6.61 Å². The normalized spacial score (nSPS) is 17.3. The molecule has 0 radical (unpaired) electrons. The van der Waals surface area contributed by atoms with Gasteiger partial charge in [0.15, 0.2) is 5.78 Å². The first-order valence-corrected chi connectivity index (χ1v) is 6.85. The van der Waals surface area contributed by atoms with E-state index in [1.807, 2.05) is 24.3 Å². The van der Waals surface area contributed by atoms with Gasteiger partial charge in [-0.15, -0.1) is 0 Å². The number of alkyl halides is 3. The van der Waals surface area contributed by atoms with E-state index in [4.69, 9.17) is 4.74 Å². The number of fused-ring (bicyclic) bond motifs is 1. The molecule has 2 aromatic carbocycles. The predicted molar refractivity (Wildman–Crippen MR) is 74.4 cm³/mol. The highest BCUT2D eigenvalue weighted by Gasteiger charge is 2.30. The monoisotopic (exact) mass is 306 g/mol. The first kappa shape index (κ1) is 14.8. The van der Waals surface area contributed by atoms with E-state index in [1.54, 1.807) is 0 Å². The van der Waals surface area contributed by atoms with Crippen LogP contribution >= 0.6 is 0 Å². The molecule has 0 aliphatic carbocycles. The van der Waals surface area contributed by atoms with Crippen LogP contribution in [0.15, 0.2) is 48.5 Å². The van der Waals surface area contributed by atoms with Gasteiger partial charge in [-0.25, -0.2) is 0 Å². The Labute approximate surface area is 125 Å². The molecule has 22 heavy (non-hydrogen) atoms. The SMILES string of the molecule is O=C(C[C@H]1OCc2ccccc21)c1ccc(C(F)(F)F)cc1. The van der Waals surface area contributed by atoms with Gasteiger partial charge in [0, 0.05) is 12.0 Å². The molecule has 0 fully saturated rings. The van der Waals surface area contributed by atoms with E-state index in [2.05, 4.69) is 0 Å². The van der Waals surface area contributed by atoms with Crippen LogP contribution in [0.2, 0.25) is 0 Å². The van der Waals surface area contributed by atoms with Crippen molar-refractivity contribution in [1.82, 2.24) is 0 Å². The molecule has 1 heterocycles. The fourth-order valence-electron chi connectivity index (χ4n) is 2.56. The van der Waals surface area contributed by atoms with Gasteiger partial charge in [0.1, 0.15) is 0 Å². The highest BCUT2D eigenvalue weighted by atomic mass is 19.4. The zero-order valence-corrected chi connectivity index (χ0v) is 11.6. The molecule has 0 unspecified atom stereocenters. The lowest BCUT2D eigenvalue weighted by atomic mass is 9.98. The molecule has 1 aliphatic rings. The molecule has 0 aromatic heterocycles. The van der Waals surface area contributed by atoms with Crippen molar-refractivity contribution >= 4 is 5.78 Å². The summed E-state index contributed by atoms with van der Waals surface area (Å²) in [6.07, 6.45) is -4.59. The Bertz CT molecular complexity index is 690. The van der Waals surface area contributed by atoms with Gasteiger partial charge in [-0.2, -0.15) is 13.2 Å². The number of carbonyl (C=O) groups excluding carboxylic acids is 1. The molecule has 0 spiro atoms. The second-order valence-corrected chi connectivity index (χ2v) is 5.20. The number of hydrogen-bond acceptors (Lipinski definition) is 2. The van der Waals surface area contributed by atoms with Gasteiger partial charge < -0.3 is 4.74 Å².